The molecule has 1 fully saturated rings. The summed E-state index contributed by atoms with van der Waals surface area (Å²) in [7, 11) is 0. The molecule has 0 radical (unpaired) electrons. The molecule has 1 N–H and O–H groups in total. The summed E-state index contributed by atoms with van der Waals surface area (Å²) in [5.74, 6) is 0.127. The molecule has 1 saturated heterocycles. The predicted molar refractivity (Wildman–Crippen MR) is 89.2 cm³/mol. The molecule has 0 saturated carbocycles. The first-order valence-electron chi connectivity index (χ1n) is 8.16. The molecule has 2 rings (SSSR count). The van der Waals surface area contributed by atoms with Gasteiger partial charge in [0.2, 0.25) is 5.91 Å². The zero-order valence-corrected chi connectivity index (χ0v) is 13.5. The number of benzene rings is 1. The molecule has 1 amide bonds. The number of ether oxygens (including phenoxy) is 1. The fraction of sp³-hybridized carbons (Fsp3) is 0.588. The van der Waals surface area contributed by atoms with Gasteiger partial charge in [0.25, 0.3) is 0 Å². The van der Waals surface area contributed by atoms with Gasteiger partial charge in [-0.2, -0.15) is 0 Å². The summed E-state index contributed by atoms with van der Waals surface area (Å²) in [6, 6.07) is 10.2. The largest absolute Gasteiger partial charge is 0.379 e. The minimum atomic E-state index is 0.127. The number of carbonyl (C=O) groups excluding carboxylic acids is 1. The van der Waals surface area contributed by atoms with E-state index >= 15 is 0 Å². The average Bonchev–Trinajstić information content (AvgIpc) is 2.57. The van der Waals surface area contributed by atoms with E-state index in [1.165, 1.54) is 5.69 Å². The summed E-state index contributed by atoms with van der Waals surface area (Å²) >= 11 is 0. The van der Waals surface area contributed by atoms with Gasteiger partial charge in [-0.25, -0.2) is 0 Å². The lowest BCUT2D eigenvalue weighted by atomic mass is 10.2. The summed E-state index contributed by atoms with van der Waals surface area (Å²) in [5.41, 5.74) is 1.17. The molecular weight excluding hydrogens is 278 g/mol. The molecule has 1 aliphatic rings. The Kier molecular flexibility index (Phi) is 7.19. The predicted octanol–water partition coefficient (Wildman–Crippen LogP) is 1.35. The van der Waals surface area contributed by atoms with Crippen LogP contribution in [0, 0.1) is 0 Å². The van der Waals surface area contributed by atoms with Gasteiger partial charge in [-0.1, -0.05) is 18.2 Å². The minimum Gasteiger partial charge on any atom is -0.379 e. The van der Waals surface area contributed by atoms with Gasteiger partial charge in [-0.3, -0.25) is 9.69 Å². The Labute approximate surface area is 133 Å². The molecule has 0 spiro atoms. The second kappa shape index (κ2) is 9.43. The number of hydrogen-bond acceptors (Lipinski definition) is 4. The van der Waals surface area contributed by atoms with Crippen molar-refractivity contribution in [3.05, 3.63) is 30.3 Å². The Bertz CT molecular complexity index is 433. The fourth-order valence-electron chi connectivity index (χ4n) is 2.61. The normalized spacial score (nSPS) is 15.5. The van der Waals surface area contributed by atoms with Crippen molar-refractivity contribution < 1.29 is 9.53 Å². The van der Waals surface area contributed by atoms with Gasteiger partial charge in [0.1, 0.15) is 0 Å². The van der Waals surface area contributed by atoms with Crippen molar-refractivity contribution in [3.8, 4) is 0 Å². The average molecular weight is 305 g/mol. The second-order valence-corrected chi connectivity index (χ2v) is 5.47. The first-order chi connectivity index (χ1) is 10.8. The number of rotatable bonds is 8. The summed E-state index contributed by atoms with van der Waals surface area (Å²) in [6.45, 7) is 8.94. The van der Waals surface area contributed by atoms with Gasteiger partial charge >= 0.3 is 0 Å². The molecule has 1 aromatic rings. The number of hydrogen-bond donors (Lipinski definition) is 1. The number of anilines is 1. The van der Waals surface area contributed by atoms with Crippen LogP contribution in [0.25, 0.3) is 0 Å². The van der Waals surface area contributed by atoms with Crippen molar-refractivity contribution in [2.24, 2.45) is 0 Å². The highest BCUT2D eigenvalue weighted by Crippen LogP contribution is 2.12. The molecule has 5 heteroatoms. The number of para-hydroxylation sites is 1. The van der Waals surface area contributed by atoms with Crippen LogP contribution in [-0.2, 0) is 9.53 Å². The summed E-state index contributed by atoms with van der Waals surface area (Å²) < 4.78 is 5.31. The number of nitrogens with zero attached hydrogens (tertiary/aromatic N) is 2. The van der Waals surface area contributed by atoms with E-state index in [-0.39, 0.29) is 5.91 Å². The van der Waals surface area contributed by atoms with Crippen LogP contribution in [0.5, 0.6) is 0 Å². The molecular formula is C17H27N3O2. The smallest absolute Gasteiger partial charge is 0.221 e. The van der Waals surface area contributed by atoms with Crippen molar-refractivity contribution in [2.45, 2.75) is 13.3 Å². The van der Waals surface area contributed by atoms with Crippen molar-refractivity contribution in [2.75, 3.05) is 57.4 Å². The monoisotopic (exact) mass is 305 g/mol. The highest BCUT2D eigenvalue weighted by Gasteiger charge is 2.11. The van der Waals surface area contributed by atoms with Crippen LogP contribution in [0.4, 0.5) is 5.69 Å². The third kappa shape index (κ3) is 5.66. The quantitative estimate of drug-likeness (QED) is 0.787. The van der Waals surface area contributed by atoms with Crippen LogP contribution < -0.4 is 10.2 Å². The standard InChI is InChI=1S/C17H27N3O2/c1-2-20(16-6-4-3-5-7-16)10-8-17(21)18-9-11-19-12-14-22-15-13-19/h3-7H,2,8-15H2,1H3,(H,18,21). The molecule has 0 aliphatic carbocycles. The van der Waals surface area contributed by atoms with Crippen LogP contribution in [0.15, 0.2) is 30.3 Å². The third-order valence-corrected chi connectivity index (χ3v) is 3.97. The third-order valence-electron chi connectivity index (χ3n) is 3.97. The van der Waals surface area contributed by atoms with E-state index in [4.69, 9.17) is 4.74 Å². The molecule has 22 heavy (non-hydrogen) atoms. The van der Waals surface area contributed by atoms with Crippen molar-refractivity contribution in [1.29, 1.82) is 0 Å². The number of amides is 1. The minimum absolute atomic E-state index is 0.127. The molecule has 1 heterocycles. The van der Waals surface area contributed by atoms with Crippen LogP contribution >= 0.6 is 0 Å². The Hall–Kier alpha value is -1.59. The van der Waals surface area contributed by atoms with Crippen LogP contribution in [0.3, 0.4) is 0 Å². The SMILES string of the molecule is CCN(CCC(=O)NCCN1CCOCC1)c1ccccc1. The molecule has 122 valence electrons. The van der Waals surface area contributed by atoms with E-state index in [2.05, 4.69) is 34.2 Å². The lowest BCUT2D eigenvalue weighted by Crippen LogP contribution is -2.41. The maximum atomic E-state index is 12.0. The van der Waals surface area contributed by atoms with Crippen LogP contribution in [0.1, 0.15) is 13.3 Å². The van der Waals surface area contributed by atoms with Gasteiger partial charge in [-0.15, -0.1) is 0 Å². The van der Waals surface area contributed by atoms with E-state index in [1.54, 1.807) is 0 Å². The Morgan fingerprint density at radius 2 is 2.00 bits per heavy atom. The van der Waals surface area contributed by atoms with Crippen LogP contribution in [0.2, 0.25) is 0 Å². The second-order valence-electron chi connectivity index (χ2n) is 5.47. The van der Waals surface area contributed by atoms with Crippen molar-refractivity contribution >= 4 is 11.6 Å². The van der Waals surface area contributed by atoms with Crippen molar-refractivity contribution in [3.63, 3.8) is 0 Å². The molecule has 0 unspecified atom stereocenters. The fourth-order valence-corrected chi connectivity index (χ4v) is 2.61. The van der Waals surface area contributed by atoms with E-state index in [0.29, 0.717) is 6.42 Å². The van der Waals surface area contributed by atoms with Gasteiger partial charge < -0.3 is 15.0 Å². The number of nitrogens with one attached hydrogen (secondary N) is 1. The molecule has 0 aromatic heterocycles. The maximum Gasteiger partial charge on any atom is 0.221 e. The lowest BCUT2D eigenvalue weighted by Gasteiger charge is -2.26. The molecule has 1 aliphatic heterocycles. The number of morpholine rings is 1. The van der Waals surface area contributed by atoms with Gasteiger partial charge in [0.05, 0.1) is 13.2 Å². The summed E-state index contributed by atoms with van der Waals surface area (Å²) in [5, 5.41) is 3.01. The van der Waals surface area contributed by atoms with E-state index < -0.39 is 0 Å². The topological polar surface area (TPSA) is 44.8 Å². The van der Waals surface area contributed by atoms with E-state index in [1.807, 2.05) is 18.2 Å². The van der Waals surface area contributed by atoms with Gasteiger partial charge in [0, 0.05) is 51.4 Å². The first-order valence-corrected chi connectivity index (χ1v) is 8.16. The van der Waals surface area contributed by atoms with Crippen LogP contribution in [-0.4, -0.2) is 63.3 Å². The first kappa shape index (κ1) is 16.8. The molecule has 5 nitrogen and oxygen atoms in total. The summed E-state index contributed by atoms with van der Waals surface area (Å²) in [4.78, 5) is 16.5. The van der Waals surface area contributed by atoms with E-state index in [0.717, 1.165) is 52.5 Å². The Morgan fingerprint density at radius 3 is 2.68 bits per heavy atom. The number of carbonyl (C=O) groups is 1. The van der Waals surface area contributed by atoms with Crippen molar-refractivity contribution in [1.82, 2.24) is 10.2 Å². The molecule has 1 aromatic carbocycles. The molecule has 0 atom stereocenters. The van der Waals surface area contributed by atoms with Gasteiger partial charge in [0.15, 0.2) is 0 Å². The van der Waals surface area contributed by atoms with E-state index in [9.17, 15) is 4.79 Å². The zero-order chi connectivity index (χ0) is 15.6. The zero-order valence-electron chi connectivity index (χ0n) is 13.5. The molecule has 0 bridgehead atoms. The highest BCUT2D eigenvalue weighted by molar-refractivity contribution is 5.76. The van der Waals surface area contributed by atoms with Gasteiger partial charge in [-0.05, 0) is 19.1 Å². The summed E-state index contributed by atoms with van der Waals surface area (Å²) in [6.07, 6.45) is 0.534. The maximum absolute atomic E-state index is 12.0. The lowest BCUT2D eigenvalue weighted by molar-refractivity contribution is -0.121. The Balaban J connectivity index is 1.64. The Morgan fingerprint density at radius 1 is 1.27 bits per heavy atom. The highest BCUT2D eigenvalue weighted by atomic mass is 16.5.